The van der Waals surface area contributed by atoms with Crippen LogP contribution < -0.4 is 0 Å². The fraction of sp³-hybridized carbons (Fsp3) is 1.00. The van der Waals surface area contributed by atoms with E-state index in [-0.39, 0.29) is 0 Å². The van der Waals surface area contributed by atoms with Crippen molar-refractivity contribution < 1.29 is 4.74 Å². The largest absolute Gasteiger partial charge is 0.379 e. The molecule has 1 saturated carbocycles. The van der Waals surface area contributed by atoms with Gasteiger partial charge in [0.25, 0.3) is 0 Å². The van der Waals surface area contributed by atoms with Crippen molar-refractivity contribution in [2.24, 2.45) is 0 Å². The van der Waals surface area contributed by atoms with Crippen LogP contribution in [0.3, 0.4) is 0 Å². The van der Waals surface area contributed by atoms with E-state index in [0.717, 1.165) is 6.04 Å². The highest BCUT2D eigenvalue weighted by Crippen LogP contribution is 2.26. The molecule has 2 fully saturated rings. The van der Waals surface area contributed by atoms with Gasteiger partial charge in [0.05, 0.1) is 6.10 Å². The molecule has 1 aliphatic carbocycles. The van der Waals surface area contributed by atoms with Gasteiger partial charge in [-0.25, -0.2) is 0 Å². The van der Waals surface area contributed by atoms with Crippen molar-refractivity contribution in [2.45, 2.75) is 44.2 Å². The molecule has 12 heavy (non-hydrogen) atoms. The van der Waals surface area contributed by atoms with Crippen LogP contribution in [0.5, 0.6) is 0 Å². The maximum absolute atomic E-state index is 5.27. The molecule has 0 N–H and O–H groups in total. The SMILES string of the molecule is COC1CN(C2CCCCC2)C1. The molecule has 2 heteroatoms. The molecular weight excluding hydrogens is 150 g/mol. The Bertz CT molecular complexity index is 137. The van der Waals surface area contributed by atoms with Crippen LogP contribution in [0.15, 0.2) is 0 Å². The molecule has 0 aromatic heterocycles. The number of methoxy groups -OCH3 is 1. The fourth-order valence-corrected chi connectivity index (χ4v) is 2.36. The third-order valence-electron chi connectivity index (χ3n) is 3.30. The third-order valence-corrected chi connectivity index (χ3v) is 3.30. The summed E-state index contributed by atoms with van der Waals surface area (Å²) in [7, 11) is 1.82. The summed E-state index contributed by atoms with van der Waals surface area (Å²) in [5.74, 6) is 0. The molecule has 0 aromatic carbocycles. The first-order valence-electron chi connectivity index (χ1n) is 5.17. The summed E-state index contributed by atoms with van der Waals surface area (Å²) in [6, 6.07) is 0.894. The summed E-state index contributed by atoms with van der Waals surface area (Å²) in [5.41, 5.74) is 0. The Morgan fingerprint density at radius 2 is 1.75 bits per heavy atom. The van der Waals surface area contributed by atoms with Gasteiger partial charge in [0.1, 0.15) is 0 Å². The van der Waals surface area contributed by atoms with E-state index in [1.807, 2.05) is 7.11 Å². The lowest BCUT2D eigenvalue weighted by Crippen LogP contribution is -2.56. The highest BCUT2D eigenvalue weighted by molar-refractivity contribution is 4.87. The van der Waals surface area contributed by atoms with Crippen molar-refractivity contribution in [1.29, 1.82) is 0 Å². The molecule has 0 atom stereocenters. The molecule has 0 aromatic rings. The number of ether oxygens (including phenoxy) is 1. The maximum atomic E-state index is 5.27. The summed E-state index contributed by atoms with van der Waals surface area (Å²) in [5, 5.41) is 0. The highest BCUT2D eigenvalue weighted by atomic mass is 16.5. The Labute approximate surface area is 74.9 Å². The monoisotopic (exact) mass is 169 g/mol. The minimum atomic E-state index is 0.534. The first kappa shape index (κ1) is 8.52. The predicted octanol–water partition coefficient (Wildman–Crippen LogP) is 1.65. The van der Waals surface area contributed by atoms with Gasteiger partial charge < -0.3 is 4.74 Å². The summed E-state index contributed by atoms with van der Waals surface area (Å²) in [6.07, 6.45) is 7.73. The van der Waals surface area contributed by atoms with Gasteiger partial charge in [-0.15, -0.1) is 0 Å². The fourth-order valence-electron chi connectivity index (χ4n) is 2.36. The Morgan fingerprint density at radius 3 is 2.33 bits per heavy atom. The van der Waals surface area contributed by atoms with E-state index in [4.69, 9.17) is 4.74 Å². The molecule has 70 valence electrons. The highest BCUT2D eigenvalue weighted by Gasteiger charge is 2.32. The Balaban J connectivity index is 1.72. The number of hydrogen-bond donors (Lipinski definition) is 0. The predicted molar refractivity (Wildman–Crippen MR) is 49.2 cm³/mol. The molecule has 1 aliphatic heterocycles. The van der Waals surface area contributed by atoms with Gasteiger partial charge in [-0.3, -0.25) is 4.90 Å². The standard InChI is InChI=1S/C10H19NO/c1-12-10-7-11(8-10)9-5-3-2-4-6-9/h9-10H,2-8H2,1H3. The van der Waals surface area contributed by atoms with Gasteiger partial charge in [-0.05, 0) is 12.8 Å². The van der Waals surface area contributed by atoms with Crippen LogP contribution in [0, 0.1) is 0 Å². The zero-order chi connectivity index (χ0) is 8.39. The van der Waals surface area contributed by atoms with Crippen LogP contribution in [0.1, 0.15) is 32.1 Å². The average Bonchev–Trinajstić information content (AvgIpc) is 2.04. The van der Waals surface area contributed by atoms with E-state index in [2.05, 4.69) is 4.90 Å². The van der Waals surface area contributed by atoms with Crippen molar-refractivity contribution in [1.82, 2.24) is 4.90 Å². The van der Waals surface area contributed by atoms with Crippen molar-refractivity contribution in [3.8, 4) is 0 Å². The summed E-state index contributed by atoms with van der Waals surface area (Å²) in [6.45, 7) is 2.36. The summed E-state index contributed by atoms with van der Waals surface area (Å²) >= 11 is 0. The normalized spacial score (nSPS) is 28.8. The molecule has 2 nitrogen and oxygen atoms in total. The van der Waals surface area contributed by atoms with Gasteiger partial charge in [-0.1, -0.05) is 19.3 Å². The molecule has 0 unspecified atom stereocenters. The van der Waals surface area contributed by atoms with Crippen LogP contribution in [0.4, 0.5) is 0 Å². The molecule has 0 spiro atoms. The van der Waals surface area contributed by atoms with Crippen LogP contribution in [0.2, 0.25) is 0 Å². The van der Waals surface area contributed by atoms with Crippen LogP contribution in [0.25, 0.3) is 0 Å². The number of nitrogens with zero attached hydrogens (tertiary/aromatic N) is 1. The Kier molecular flexibility index (Phi) is 2.66. The maximum Gasteiger partial charge on any atom is 0.0825 e. The van der Waals surface area contributed by atoms with Crippen molar-refractivity contribution in [2.75, 3.05) is 20.2 Å². The second kappa shape index (κ2) is 3.75. The number of rotatable bonds is 2. The summed E-state index contributed by atoms with van der Waals surface area (Å²) in [4.78, 5) is 2.59. The van der Waals surface area contributed by atoms with Crippen LogP contribution >= 0.6 is 0 Å². The van der Waals surface area contributed by atoms with Crippen LogP contribution in [-0.4, -0.2) is 37.2 Å². The van der Waals surface area contributed by atoms with Crippen LogP contribution in [-0.2, 0) is 4.74 Å². The molecule has 0 radical (unpaired) electrons. The summed E-state index contributed by atoms with van der Waals surface area (Å²) < 4.78 is 5.27. The molecule has 0 amide bonds. The van der Waals surface area contributed by atoms with Gasteiger partial charge in [0.2, 0.25) is 0 Å². The lowest BCUT2D eigenvalue weighted by atomic mass is 9.92. The average molecular weight is 169 g/mol. The zero-order valence-electron chi connectivity index (χ0n) is 7.96. The number of likely N-dealkylation sites (tertiary alicyclic amines) is 1. The minimum Gasteiger partial charge on any atom is -0.379 e. The van der Waals surface area contributed by atoms with E-state index in [0.29, 0.717) is 6.10 Å². The quantitative estimate of drug-likeness (QED) is 0.623. The Hall–Kier alpha value is -0.0800. The molecule has 0 bridgehead atoms. The zero-order valence-corrected chi connectivity index (χ0v) is 7.96. The van der Waals surface area contributed by atoms with Crippen molar-refractivity contribution >= 4 is 0 Å². The van der Waals surface area contributed by atoms with Gasteiger partial charge in [-0.2, -0.15) is 0 Å². The molecule has 1 heterocycles. The first-order chi connectivity index (χ1) is 5.90. The first-order valence-corrected chi connectivity index (χ1v) is 5.17. The van der Waals surface area contributed by atoms with E-state index in [1.54, 1.807) is 0 Å². The molecule has 2 aliphatic rings. The van der Waals surface area contributed by atoms with E-state index in [9.17, 15) is 0 Å². The molecule has 1 saturated heterocycles. The second-order valence-electron chi connectivity index (χ2n) is 4.10. The lowest BCUT2D eigenvalue weighted by molar-refractivity contribution is -0.0570. The van der Waals surface area contributed by atoms with Gasteiger partial charge in [0, 0.05) is 26.2 Å². The van der Waals surface area contributed by atoms with Crippen molar-refractivity contribution in [3.63, 3.8) is 0 Å². The van der Waals surface area contributed by atoms with E-state index in [1.165, 1.54) is 45.2 Å². The number of hydrogen-bond acceptors (Lipinski definition) is 2. The second-order valence-corrected chi connectivity index (χ2v) is 4.10. The van der Waals surface area contributed by atoms with E-state index < -0.39 is 0 Å². The molecule has 2 rings (SSSR count). The third kappa shape index (κ3) is 1.64. The van der Waals surface area contributed by atoms with Gasteiger partial charge >= 0.3 is 0 Å². The van der Waals surface area contributed by atoms with Gasteiger partial charge in [0.15, 0.2) is 0 Å². The lowest BCUT2D eigenvalue weighted by Gasteiger charge is -2.44. The Morgan fingerprint density at radius 1 is 1.08 bits per heavy atom. The van der Waals surface area contributed by atoms with Crippen molar-refractivity contribution in [3.05, 3.63) is 0 Å². The van der Waals surface area contributed by atoms with E-state index >= 15 is 0 Å². The molecular formula is C10H19NO. The smallest absolute Gasteiger partial charge is 0.0825 e. The topological polar surface area (TPSA) is 12.5 Å². The minimum absolute atomic E-state index is 0.534.